The van der Waals surface area contributed by atoms with Crippen molar-refractivity contribution in [3.63, 3.8) is 0 Å². The van der Waals surface area contributed by atoms with Gasteiger partial charge in [0, 0.05) is 23.7 Å². The maximum atomic E-state index is 13.8. The Kier molecular flexibility index (Phi) is 8.08. The molecule has 0 aliphatic rings. The van der Waals surface area contributed by atoms with Gasteiger partial charge in [0.25, 0.3) is 5.56 Å². The van der Waals surface area contributed by atoms with E-state index < -0.39 is 29.0 Å². The van der Waals surface area contributed by atoms with Gasteiger partial charge in [-0.2, -0.15) is 0 Å². The Morgan fingerprint density at radius 2 is 1.92 bits per heavy atom. The van der Waals surface area contributed by atoms with Crippen LogP contribution in [0.2, 0.25) is 0 Å². The van der Waals surface area contributed by atoms with Crippen molar-refractivity contribution in [3.05, 3.63) is 76.6 Å². The molecule has 0 aliphatic carbocycles. The normalized spacial score (nSPS) is 11.7. The summed E-state index contributed by atoms with van der Waals surface area (Å²) in [6.07, 6.45) is 4.82. The van der Waals surface area contributed by atoms with Gasteiger partial charge in [-0.1, -0.05) is 6.08 Å². The van der Waals surface area contributed by atoms with Crippen molar-refractivity contribution >= 4 is 34.5 Å². The molecule has 0 unspecified atom stereocenters. The Labute approximate surface area is 207 Å². The quantitative estimate of drug-likeness (QED) is 0.361. The van der Waals surface area contributed by atoms with Gasteiger partial charge in [0.2, 0.25) is 11.8 Å². The number of nitrogens with zero attached hydrogens (tertiary/aromatic N) is 2. The SMILES string of the molecule is CC(C)(C)OC(=O)n1c(Cn2cccc(NC(=O)CCC/C=C/C(N)=O)c2=O)cc2cc(F)ccc21. The number of amides is 2. The van der Waals surface area contributed by atoms with Crippen molar-refractivity contribution in [1.82, 2.24) is 9.13 Å². The summed E-state index contributed by atoms with van der Waals surface area (Å²) >= 11 is 0. The molecule has 36 heavy (non-hydrogen) atoms. The van der Waals surface area contributed by atoms with E-state index in [0.29, 0.717) is 29.4 Å². The molecule has 0 aliphatic heterocycles. The van der Waals surface area contributed by atoms with E-state index in [1.54, 1.807) is 39.0 Å². The molecular weight excluding hydrogens is 467 g/mol. The molecule has 2 amide bonds. The van der Waals surface area contributed by atoms with Crippen LogP contribution in [0.3, 0.4) is 0 Å². The number of aromatic nitrogens is 2. The highest BCUT2D eigenvalue weighted by Gasteiger charge is 2.23. The fourth-order valence-corrected chi connectivity index (χ4v) is 3.61. The number of hydrogen-bond acceptors (Lipinski definition) is 5. The average Bonchev–Trinajstić information content (AvgIpc) is 3.12. The molecule has 0 bridgehead atoms. The molecule has 9 nitrogen and oxygen atoms in total. The molecule has 3 aromatic rings. The van der Waals surface area contributed by atoms with Gasteiger partial charge in [-0.15, -0.1) is 0 Å². The third kappa shape index (κ3) is 6.91. The molecule has 1 aromatic carbocycles. The van der Waals surface area contributed by atoms with Crippen LogP contribution in [0.15, 0.2) is 59.5 Å². The number of halogens is 1. The van der Waals surface area contributed by atoms with Crippen LogP contribution in [0.25, 0.3) is 10.9 Å². The van der Waals surface area contributed by atoms with Gasteiger partial charge in [0.15, 0.2) is 0 Å². The highest BCUT2D eigenvalue weighted by molar-refractivity contribution is 5.91. The molecule has 0 saturated heterocycles. The van der Waals surface area contributed by atoms with Gasteiger partial charge in [0.05, 0.1) is 12.1 Å². The number of carbonyl (C=O) groups excluding carboxylic acids is 3. The number of pyridine rings is 1. The minimum absolute atomic E-state index is 0.0179. The first kappa shape index (κ1) is 26.4. The van der Waals surface area contributed by atoms with Crippen LogP contribution in [0.5, 0.6) is 0 Å². The number of allylic oxidation sites excluding steroid dienone is 1. The maximum Gasteiger partial charge on any atom is 0.419 e. The predicted molar refractivity (Wildman–Crippen MR) is 134 cm³/mol. The Morgan fingerprint density at radius 3 is 2.61 bits per heavy atom. The fraction of sp³-hybridized carbons (Fsp3) is 0.308. The molecule has 0 atom stereocenters. The summed E-state index contributed by atoms with van der Waals surface area (Å²) in [7, 11) is 0. The number of primary amides is 1. The smallest absolute Gasteiger partial charge is 0.419 e. The lowest BCUT2D eigenvalue weighted by atomic mass is 10.2. The van der Waals surface area contributed by atoms with Gasteiger partial charge in [-0.3, -0.25) is 14.4 Å². The van der Waals surface area contributed by atoms with Crippen LogP contribution < -0.4 is 16.6 Å². The van der Waals surface area contributed by atoms with E-state index in [0.717, 1.165) is 0 Å². The second kappa shape index (κ2) is 11.0. The molecule has 0 radical (unpaired) electrons. The Morgan fingerprint density at radius 1 is 1.17 bits per heavy atom. The summed E-state index contributed by atoms with van der Waals surface area (Å²) in [6, 6.07) is 8.75. The lowest BCUT2D eigenvalue weighted by molar-refractivity contribution is -0.116. The van der Waals surface area contributed by atoms with Gasteiger partial charge in [-0.25, -0.2) is 13.8 Å². The molecule has 0 fully saturated rings. The van der Waals surface area contributed by atoms with Crippen molar-refractivity contribution in [2.45, 2.75) is 52.2 Å². The summed E-state index contributed by atoms with van der Waals surface area (Å²) in [5.74, 6) is -1.36. The first-order valence-electron chi connectivity index (χ1n) is 11.4. The lowest BCUT2D eigenvalue weighted by Gasteiger charge is -2.21. The van der Waals surface area contributed by atoms with Crippen LogP contribution in [-0.4, -0.2) is 32.6 Å². The van der Waals surface area contributed by atoms with Gasteiger partial charge in [0.1, 0.15) is 17.1 Å². The zero-order chi connectivity index (χ0) is 26.5. The largest absolute Gasteiger partial charge is 0.443 e. The number of benzene rings is 1. The summed E-state index contributed by atoms with van der Waals surface area (Å²) in [5, 5.41) is 3.09. The molecule has 0 saturated carbocycles. The van der Waals surface area contributed by atoms with Crippen molar-refractivity contribution in [3.8, 4) is 0 Å². The highest BCUT2D eigenvalue weighted by Crippen LogP contribution is 2.23. The van der Waals surface area contributed by atoms with E-state index in [1.165, 1.54) is 45.7 Å². The summed E-state index contributed by atoms with van der Waals surface area (Å²) < 4.78 is 22.0. The molecule has 190 valence electrons. The van der Waals surface area contributed by atoms with Crippen molar-refractivity contribution in [2.24, 2.45) is 5.73 Å². The van der Waals surface area contributed by atoms with Gasteiger partial charge >= 0.3 is 6.09 Å². The third-order valence-corrected chi connectivity index (χ3v) is 5.10. The molecule has 10 heteroatoms. The number of nitrogens with two attached hydrogens (primary N) is 1. The number of nitrogens with one attached hydrogen (secondary N) is 1. The number of rotatable bonds is 8. The van der Waals surface area contributed by atoms with E-state index in [2.05, 4.69) is 5.32 Å². The Hall–Kier alpha value is -4.21. The van der Waals surface area contributed by atoms with Crippen LogP contribution in [-0.2, 0) is 20.9 Å². The lowest BCUT2D eigenvalue weighted by Crippen LogP contribution is -2.30. The van der Waals surface area contributed by atoms with Crippen LogP contribution >= 0.6 is 0 Å². The number of fused-ring (bicyclic) bond motifs is 1. The number of ether oxygens (including phenoxy) is 1. The van der Waals surface area contributed by atoms with E-state index in [1.807, 2.05) is 0 Å². The number of unbranched alkanes of at least 4 members (excludes halogenated alkanes) is 1. The molecule has 3 N–H and O–H groups in total. The zero-order valence-corrected chi connectivity index (χ0v) is 20.4. The molecule has 3 rings (SSSR count). The monoisotopic (exact) mass is 496 g/mol. The van der Waals surface area contributed by atoms with Crippen molar-refractivity contribution < 1.29 is 23.5 Å². The second-order valence-corrected chi connectivity index (χ2v) is 9.25. The Bertz CT molecular complexity index is 1380. The zero-order valence-electron chi connectivity index (χ0n) is 20.4. The summed E-state index contributed by atoms with van der Waals surface area (Å²) in [6.45, 7) is 5.19. The standard InChI is InChI=1S/C26H29FN4O5/c1-26(2,3)36-25(35)31-19(15-17-14-18(27)11-12-21(17)31)16-30-13-7-8-20(24(30)34)29-23(33)10-6-4-5-9-22(28)32/h5,7-9,11-15H,4,6,10,16H2,1-3H3,(H2,28,32)(H,29,33)/b9-5+. The Balaban J connectivity index is 1.84. The van der Waals surface area contributed by atoms with E-state index in [4.69, 9.17) is 10.5 Å². The molecule has 0 spiro atoms. The highest BCUT2D eigenvalue weighted by atomic mass is 19.1. The van der Waals surface area contributed by atoms with E-state index in [9.17, 15) is 23.6 Å². The van der Waals surface area contributed by atoms with Crippen molar-refractivity contribution in [2.75, 3.05) is 5.32 Å². The topological polar surface area (TPSA) is 125 Å². The minimum atomic E-state index is -0.762. The first-order chi connectivity index (χ1) is 16.9. The first-order valence-corrected chi connectivity index (χ1v) is 11.4. The number of hydrogen-bond donors (Lipinski definition) is 2. The van der Waals surface area contributed by atoms with Gasteiger partial charge < -0.3 is 20.4 Å². The maximum absolute atomic E-state index is 13.8. The predicted octanol–water partition coefficient (Wildman–Crippen LogP) is 3.92. The van der Waals surface area contributed by atoms with Crippen LogP contribution in [0, 0.1) is 5.82 Å². The summed E-state index contributed by atoms with van der Waals surface area (Å²) in [4.78, 5) is 49.0. The van der Waals surface area contributed by atoms with Crippen molar-refractivity contribution in [1.29, 1.82) is 0 Å². The molecule has 2 aromatic heterocycles. The van der Waals surface area contributed by atoms with Crippen LogP contribution in [0.4, 0.5) is 14.9 Å². The minimum Gasteiger partial charge on any atom is -0.443 e. The second-order valence-electron chi connectivity index (χ2n) is 9.25. The summed E-state index contributed by atoms with van der Waals surface area (Å²) in [5.41, 5.74) is 4.74. The van der Waals surface area contributed by atoms with E-state index >= 15 is 0 Å². The average molecular weight is 497 g/mol. The molecule has 2 heterocycles. The number of carbonyl (C=O) groups is 3. The third-order valence-electron chi connectivity index (χ3n) is 5.10. The van der Waals surface area contributed by atoms with Gasteiger partial charge in [-0.05, 0) is 76.1 Å². The fourth-order valence-electron chi connectivity index (χ4n) is 3.61. The van der Waals surface area contributed by atoms with Crippen LogP contribution in [0.1, 0.15) is 45.7 Å². The number of anilines is 1. The van der Waals surface area contributed by atoms with E-state index in [-0.39, 0.29) is 24.6 Å². The molecular formula is C26H29FN4O5.